The van der Waals surface area contributed by atoms with Crippen LogP contribution in [0.4, 0.5) is 5.82 Å². The van der Waals surface area contributed by atoms with E-state index in [4.69, 9.17) is 5.11 Å². The summed E-state index contributed by atoms with van der Waals surface area (Å²) in [6.45, 7) is 1.57. The maximum Gasteiger partial charge on any atom is 0.335 e. The highest BCUT2D eigenvalue weighted by atomic mass is 79.9. The molecule has 0 amide bonds. The summed E-state index contributed by atoms with van der Waals surface area (Å²) in [5, 5.41) is 16.2. The summed E-state index contributed by atoms with van der Waals surface area (Å²) in [4.78, 5) is 10.9. The average molecular weight is 372 g/mol. The molecule has 0 atom stereocenters. The van der Waals surface area contributed by atoms with Crippen molar-refractivity contribution in [3.8, 4) is 0 Å². The highest BCUT2D eigenvalue weighted by Crippen LogP contribution is 2.27. The maximum atomic E-state index is 12.4. The average Bonchev–Trinajstić information content (AvgIpc) is 2.41. The number of carbonyl (C=O) groups is 1. The molecule has 0 aliphatic carbocycles. The van der Waals surface area contributed by atoms with Gasteiger partial charge in [-0.1, -0.05) is 15.9 Å². The predicted octanol–water partition coefficient (Wildman–Crippen LogP) is 2.05. The number of hydrogen-bond donors (Lipinski definition) is 2. The highest BCUT2D eigenvalue weighted by Gasteiger charge is 2.21. The molecule has 1 aromatic heterocycles. The molecule has 0 fully saturated rings. The first-order valence-electron chi connectivity index (χ1n) is 5.65. The van der Waals surface area contributed by atoms with Gasteiger partial charge in [-0.05, 0) is 36.8 Å². The lowest BCUT2D eigenvalue weighted by Crippen LogP contribution is -2.16. The minimum Gasteiger partial charge on any atom is -0.478 e. The summed E-state index contributed by atoms with van der Waals surface area (Å²) < 4.78 is 27.4. The molecule has 0 spiro atoms. The van der Waals surface area contributed by atoms with Crippen LogP contribution in [0.5, 0.6) is 0 Å². The molecule has 0 bridgehead atoms. The van der Waals surface area contributed by atoms with Crippen LogP contribution >= 0.6 is 15.9 Å². The number of carboxylic acids is 1. The number of rotatable bonds is 4. The summed E-state index contributed by atoms with van der Waals surface area (Å²) in [5.41, 5.74) is 0.267. The van der Waals surface area contributed by atoms with E-state index < -0.39 is 16.0 Å². The minimum absolute atomic E-state index is 0.0498. The van der Waals surface area contributed by atoms with Crippen molar-refractivity contribution in [3.63, 3.8) is 0 Å². The van der Waals surface area contributed by atoms with E-state index in [1.807, 2.05) is 0 Å². The number of benzene rings is 1. The van der Waals surface area contributed by atoms with Gasteiger partial charge in [0, 0.05) is 10.7 Å². The Balaban J connectivity index is 2.52. The molecule has 2 aromatic rings. The van der Waals surface area contributed by atoms with Crippen LogP contribution in [0.1, 0.15) is 15.9 Å². The molecule has 2 N–H and O–H groups in total. The van der Waals surface area contributed by atoms with Crippen LogP contribution in [0, 0.1) is 6.92 Å². The number of nitrogens with one attached hydrogen (secondary N) is 1. The van der Waals surface area contributed by atoms with Crippen molar-refractivity contribution in [2.45, 2.75) is 11.8 Å². The number of halogens is 1. The van der Waals surface area contributed by atoms with Crippen molar-refractivity contribution in [3.05, 3.63) is 46.1 Å². The third-order valence-corrected chi connectivity index (χ3v) is 4.95. The minimum atomic E-state index is -3.97. The van der Waals surface area contributed by atoms with Gasteiger partial charge in [0.15, 0.2) is 5.82 Å². The standard InChI is InChI=1S/C12H10BrN3O4S/c1-7-9(13)5-8(12(17)18)6-10(7)21(19,20)16-11-3-2-4-14-15-11/h2-6H,1H3,(H,15,16)(H,17,18). The lowest BCUT2D eigenvalue weighted by atomic mass is 10.1. The van der Waals surface area contributed by atoms with Crippen LogP contribution < -0.4 is 4.72 Å². The van der Waals surface area contributed by atoms with E-state index in [-0.39, 0.29) is 16.3 Å². The van der Waals surface area contributed by atoms with Crippen molar-refractivity contribution in [1.82, 2.24) is 10.2 Å². The van der Waals surface area contributed by atoms with Gasteiger partial charge in [0.1, 0.15) is 0 Å². The zero-order valence-electron chi connectivity index (χ0n) is 10.7. The van der Waals surface area contributed by atoms with Gasteiger partial charge in [-0.15, -0.1) is 5.10 Å². The number of carboxylic acid groups (broad SMARTS) is 1. The van der Waals surface area contributed by atoms with Crippen molar-refractivity contribution in [2.75, 3.05) is 4.72 Å². The second-order valence-corrected chi connectivity index (χ2v) is 6.61. The lowest BCUT2D eigenvalue weighted by Gasteiger charge is -2.11. The molecule has 1 heterocycles. The molecule has 2 rings (SSSR count). The fourth-order valence-corrected chi connectivity index (χ4v) is 3.49. The summed E-state index contributed by atoms with van der Waals surface area (Å²) >= 11 is 3.16. The molecule has 0 radical (unpaired) electrons. The van der Waals surface area contributed by atoms with E-state index >= 15 is 0 Å². The molecule has 0 aliphatic heterocycles. The molecular formula is C12H10BrN3O4S. The smallest absolute Gasteiger partial charge is 0.335 e. The Morgan fingerprint density at radius 2 is 2.10 bits per heavy atom. The Bertz CT molecular complexity index is 794. The predicted molar refractivity (Wildman–Crippen MR) is 78.7 cm³/mol. The van der Waals surface area contributed by atoms with Gasteiger partial charge in [-0.3, -0.25) is 4.72 Å². The molecule has 0 saturated heterocycles. The van der Waals surface area contributed by atoms with Crippen LogP contribution in [-0.2, 0) is 10.0 Å². The van der Waals surface area contributed by atoms with Crippen LogP contribution in [0.15, 0.2) is 39.8 Å². The first-order chi connectivity index (χ1) is 9.81. The molecule has 0 unspecified atom stereocenters. The summed E-state index contributed by atoms with van der Waals surface area (Å²) in [7, 11) is -3.97. The molecule has 21 heavy (non-hydrogen) atoms. The van der Waals surface area contributed by atoms with Gasteiger partial charge in [-0.25, -0.2) is 13.2 Å². The second kappa shape index (κ2) is 5.78. The Kier molecular flexibility index (Phi) is 4.24. The fraction of sp³-hybridized carbons (Fsp3) is 0.0833. The van der Waals surface area contributed by atoms with E-state index in [9.17, 15) is 13.2 Å². The monoisotopic (exact) mass is 371 g/mol. The zero-order chi connectivity index (χ0) is 15.6. The largest absolute Gasteiger partial charge is 0.478 e. The Labute approximate surface area is 129 Å². The molecule has 9 heteroatoms. The van der Waals surface area contributed by atoms with Crippen molar-refractivity contribution >= 4 is 37.7 Å². The molecular weight excluding hydrogens is 362 g/mol. The van der Waals surface area contributed by atoms with Crippen LogP contribution in [-0.4, -0.2) is 29.7 Å². The Hall–Kier alpha value is -2.00. The summed E-state index contributed by atoms with van der Waals surface area (Å²) in [5.74, 6) is -1.17. The first kappa shape index (κ1) is 15.4. The van der Waals surface area contributed by atoms with Crippen molar-refractivity contribution < 1.29 is 18.3 Å². The maximum absolute atomic E-state index is 12.4. The highest BCUT2D eigenvalue weighted by molar-refractivity contribution is 9.10. The molecule has 110 valence electrons. The van der Waals surface area contributed by atoms with E-state index in [2.05, 4.69) is 30.8 Å². The second-order valence-electron chi connectivity index (χ2n) is 4.10. The molecule has 7 nitrogen and oxygen atoms in total. The van der Waals surface area contributed by atoms with Gasteiger partial charge in [0.25, 0.3) is 10.0 Å². The topological polar surface area (TPSA) is 109 Å². The van der Waals surface area contributed by atoms with Crippen molar-refractivity contribution in [2.24, 2.45) is 0 Å². The van der Waals surface area contributed by atoms with Gasteiger partial charge in [0.05, 0.1) is 10.5 Å². The van der Waals surface area contributed by atoms with E-state index in [0.717, 1.165) is 6.07 Å². The van der Waals surface area contributed by atoms with E-state index in [1.165, 1.54) is 24.4 Å². The normalized spacial score (nSPS) is 11.1. The van der Waals surface area contributed by atoms with Crippen LogP contribution in [0.3, 0.4) is 0 Å². The van der Waals surface area contributed by atoms with Gasteiger partial charge in [-0.2, -0.15) is 5.10 Å². The molecule has 0 aliphatic rings. The SMILES string of the molecule is Cc1c(Br)cc(C(=O)O)cc1S(=O)(=O)Nc1cccnn1. The summed E-state index contributed by atoms with van der Waals surface area (Å²) in [6, 6.07) is 5.41. The number of anilines is 1. The Morgan fingerprint density at radius 1 is 1.38 bits per heavy atom. The van der Waals surface area contributed by atoms with Crippen LogP contribution in [0.2, 0.25) is 0 Å². The molecule has 0 saturated carbocycles. The van der Waals surface area contributed by atoms with E-state index in [1.54, 1.807) is 6.92 Å². The van der Waals surface area contributed by atoms with Crippen molar-refractivity contribution in [1.29, 1.82) is 0 Å². The quantitative estimate of drug-likeness (QED) is 0.850. The number of nitrogens with zero attached hydrogens (tertiary/aromatic N) is 2. The third-order valence-electron chi connectivity index (χ3n) is 2.64. The molecule has 1 aromatic carbocycles. The third kappa shape index (κ3) is 3.37. The summed E-state index contributed by atoms with van der Waals surface area (Å²) in [6.07, 6.45) is 1.41. The van der Waals surface area contributed by atoms with Gasteiger partial charge >= 0.3 is 5.97 Å². The number of aromatic nitrogens is 2. The zero-order valence-corrected chi connectivity index (χ0v) is 13.1. The first-order valence-corrected chi connectivity index (χ1v) is 7.93. The number of sulfonamides is 1. The van der Waals surface area contributed by atoms with E-state index in [0.29, 0.717) is 10.0 Å². The van der Waals surface area contributed by atoms with Gasteiger partial charge in [0.2, 0.25) is 0 Å². The number of hydrogen-bond acceptors (Lipinski definition) is 5. The lowest BCUT2D eigenvalue weighted by molar-refractivity contribution is 0.0696. The van der Waals surface area contributed by atoms with Crippen LogP contribution in [0.25, 0.3) is 0 Å². The fourth-order valence-electron chi connectivity index (χ4n) is 1.60. The van der Waals surface area contributed by atoms with Gasteiger partial charge < -0.3 is 5.11 Å². The number of aromatic carboxylic acids is 1. The Morgan fingerprint density at radius 3 is 2.67 bits per heavy atom.